The molecule has 1 aliphatic rings. The SMILES string of the molecule is CC1(C)CC(NC(=O)c2ccccc2F)CC(C)(CNC(=O)c2ccccc2F)C1. The van der Waals surface area contributed by atoms with Crippen LogP contribution >= 0.6 is 0 Å². The van der Waals surface area contributed by atoms with E-state index in [0.29, 0.717) is 13.0 Å². The van der Waals surface area contributed by atoms with Crippen LogP contribution in [0.2, 0.25) is 0 Å². The van der Waals surface area contributed by atoms with Gasteiger partial charge in [0.2, 0.25) is 0 Å². The summed E-state index contributed by atoms with van der Waals surface area (Å²) in [4.78, 5) is 25.0. The number of carbonyl (C=O) groups is 2. The maximum absolute atomic E-state index is 14.0. The summed E-state index contributed by atoms with van der Waals surface area (Å²) >= 11 is 0. The third-order valence-corrected chi connectivity index (χ3v) is 5.69. The Morgan fingerprint density at radius 3 is 2.00 bits per heavy atom. The number of rotatable bonds is 5. The molecule has 160 valence electrons. The fourth-order valence-corrected chi connectivity index (χ4v) is 4.81. The van der Waals surface area contributed by atoms with Crippen LogP contribution in [0.25, 0.3) is 0 Å². The minimum absolute atomic E-state index is 0.0144. The number of amides is 2. The Balaban J connectivity index is 1.69. The van der Waals surface area contributed by atoms with E-state index in [1.54, 1.807) is 24.3 Å². The van der Waals surface area contributed by atoms with Crippen LogP contribution in [0.15, 0.2) is 48.5 Å². The van der Waals surface area contributed by atoms with Gasteiger partial charge in [-0.25, -0.2) is 8.78 Å². The van der Waals surface area contributed by atoms with E-state index in [4.69, 9.17) is 0 Å². The lowest BCUT2D eigenvalue weighted by Crippen LogP contribution is -2.50. The molecule has 2 amide bonds. The number of nitrogens with one attached hydrogen (secondary N) is 2. The Bertz CT molecular complexity index is 944. The van der Waals surface area contributed by atoms with Gasteiger partial charge in [0, 0.05) is 12.6 Å². The Kier molecular flexibility index (Phi) is 6.25. The Morgan fingerprint density at radius 1 is 0.900 bits per heavy atom. The van der Waals surface area contributed by atoms with Crippen molar-refractivity contribution in [2.45, 2.75) is 46.1 Å². The topological polar surface area (TPSA) is 58.2 Å². The van der Waals surface area contributed by atoms with Crippen molar-refractivity contribution < 1.29 is 18.4 Å². The average Bonchev–Trinajstić information content (AvgIpc) is 2.65. The second-order valence-electron chi connectivity index (χ2n) is 9.37. The first kappa shape index (κ1) is 21.9. The summed E-state index contributed by atoms with van der Waals surface area (Å²) in [6.45, 7) is 6.64. The summed E-state index contributed by atoms with van der Waals surface area (Å²) in [5, 5.41) is 5.81. The van der Waals surface area contributed by atoms with Gasteiger partial charge < -0.3 is 10.6 Å². The van der Waals surface area contributed by atoms with Gasteiger partial charge in [-0.1, -0.05) is 45.0 Å². The van der Waals surface area contributed by atoms with Crippen LogP contribution in [0, 0.1) is 22.5 Å². The van der Waals surface area contributed by atoms with Crippen molar-refractivity contribution in [3.8, 4) is 0 Å². The van der Waals surface area contributed by atoms with E-state index >= 15 is 0 Å². The second kappa shape index (κ2) is 8.54. The van der Waals surface area contributed by atoms with E-state index in [1.807, 2.05) is 0 Å². The molecule has 0 saturated heterocycles. The van der Waals surface area contributed by atoms with Crippen molar-refractivity contribution in [1.82, 2.24) is 10.6 Å². The smallest absolute Gasteiger partial charge is 0.254 e. The quantitative estimate of drug-likeness (QED) is 0.745. The summed E-state index contributed by atoms with van der Waals surface area (Å²) in [5.41, 5.74) is -0.338. The molecule has 2 aromatic rings. The molecule has 6 heteroatoms. The van der Waals surface area contributed by atoms with E-state index in [1.165, 1.54) is 24.3 Å². The molecule has 0 spiro atoms. The summed E-state index contributed by atoms with van der Waals surface area (Å²) in [5.74, 6) is -2.00. The predicted octanol–water partition coefficient (Wildman–Crippen LogP) is 4.71. The highest BCUT2D eigenvalue weighted by Gasteiger charge is 2.42. The van der Waals surface area contributed by atoms with E-state index in [9.17, 15) is 18.4 Å². The maximum atomic E-state index is 14.0. The molecule has 0 bridgehead atoms. The fourth-order valence-electron chi connectivity index (χ4n) is 4.81. The monoisotopic (exact) mass is 414 g/mol. The van der Waals surface area contributed by atoms with E-state index < -0.39 is 23.4 Å². The molecule has 2 N–H and O–H groups in total. The minimum Gasteiger partial charge on any atom is -0.351 e. The van der Waals surface area contributed by atoms with Gasteiger partial charge in [0.15, 0.2) is 0 Å². The number of hydrogen-bond donors (Lipinski definition) is 2. The van der Waals surface area contributed by atoms with Gasteiger partial charge in [-0.2, -0.15) is 0 Å². The Hall–Kier alpha value is -2.76. The van der Waals surface area contributed by atoms with Crippen LogP contribution < -0.4 is 10.6 Å². The molecule has 0 aliphatic heterocycles. The maximum Gasteiger partial charge on any atom is 0.254 e. The first-order valence-corrected chi connectivity index (χ1v) is 10.2. The molecule has 3 rings (SSSR count). The van der Waals surface area contributed by atoms with E-state index in [-0.39, 0.29) is 28.0 Å². The zero-order valence-electron chi connectivity index (χ0n) is 17.6. The van der Waals surface area contributed by atoms with Crippen molar-refractivity contribution in [3.05, 3.63) is 71.3 Å². The normalized spacial score (nSPS) is 22.9. The Labute approximate surface area is 176 Å². The second-order valence-corrected chi connectivity index (χ2v) is 9.37. The van der Waals surface area contributed by atoms with Crippen molar-refractivity contribution >= 4 is 11.8 Å². The predicted molar refractivity (Wildman–Crippen MR) is 112 cm³/mol. The van der Waals surface area contributed by atoms with Gasteiger partial charge in [-0.05, 0) is 54.4 Å². The summed E-state index contributed by atoms with van der Waals surface area (Å²) in [7, 11) is 0. The standard InChI is InChI=1S/C24H28F2N2O2/c1-23(2)12-16(28-22(30)18-9-5-7-11-20(18)26)13-24(3,14-23)15-27-21(29)17-8-4-6-10-19(17)25/h4-11,16H,12-15H2,1-3H3,(H,27,29)(H,28,30). The molecule has 2 unspecified atom stereocenters. The van der Waals surface area contributed by atoms with Crippen LogP contribution in [-0.4, -0.2) is 24.4 Å². The molecule has 2 atom stereocenters. The average molecular weight is 414 g/mol. The van der Waals surface area contributed by atoms with Gasteiger partial charge in [0.1, 0.15) is 11.6 Å². The molecule has 2 aromatic carbocycles. The van der Waals surface area contributed by atoms with Gasteiger partial charge in [0.25, 0.3) is 11.8 Å². The third kappa shape index (κ3) is 5.23. The summed E-state index contributed by atoms with van der Waals surface area (Å²) in [6.07, 6.45) is 2.22. The van der Waals surface area contributed by atoms with Gasteiger partial charge >= 0.3 is 0 Å². The van der Waals surface area contributed by atoms with Crippen LogP contribution in [0.4, 0.5) is 8.78 Å². The van der Waals surface area contributed by atoms with Crippen molar-refractivity contribution in [2.75, 3.05) is 6.54 Å². The number of halogens is 2. The molecule has 1 saturated carbocycles. The lowest BCUT2D eigenvalue weighted by atomic mass is 9.62. The summed E-state index contributed by atoms with van der Waals surface area (Å²) < 4.78 is 27.8. The molecule has 0 radical (unpaired) electrons. The van der Waals surface area contributed by atoms with E-state index in [2.05, 4.69) is 31.4 Å². The van der Waals surface area contributed by atoms with Crippen molar-refractivity contribution in [2.24, 2.45) is 10.8 Å². The van der Waals surface area contributed by atoms with Gasteiger partial charge in [0.05, 0.1) is 11.1 Å². The van der Waals surface area contributed by atoms with Crippen LogP contribution in [0.3, 0.4) is 0 Å². The molecule has 1 aliphatic carbocycles. The first-order valence-electron chi connectivity index (χ1n) is 10.2. The molecular formula is C24H28F2N2O2. The molecule has 0 heterocycles. The van der Waals surface area contributed by atoms with Crippen LogP contribution in [0.1, 0.15) is 60.7 Å². The highest BCUT2D eigenvalue weighted by Crippen LogP contribution is 2.45. The number of hydrogen-bond acceptors (Lipinski definition) is 2. The minimum atomic E-state index is -0.556. The highest BCUT2D eigenvalue weighted by atomic mass is 19.1. The molecule has 1 fully saturated rings. The van der Waals surface area contributed by atoms with Crippen LogP contribution in [-0.2, 0) is 0 Å². The third-order valence-electron chi connectivity index (χ3n) is 5.69. The lowest BCUT2D eigenvalue weighted by Gasteiger charge is -2.47. The van der Waals surface area contributed by atoms with E-state index in [0.717, 1.165) is 12.8 Å². The fraction of sp³-hybridized carbons (Fsp3) is 0.417. The van der Waals surface area contributed by atoms with Gasteiger partial charge in [-0.15, -0.1) is 0 Å². The van der Waals surface area contributed by atoms with Crippen LogP contribution in [0.5, 0.6) is 0 Å². The highest BCUT2D eigenvalue weighted by molar-refractivity contribution is 5.95. The number of carbonyl (C=O) groups excluding carboxylic acids is 2. The first-order chi connectivity index (χ1) is 14.1. The zero-order chi connectivity index (χ0) is 21.9. The molecule has 30 heavy (non-hydrogen) atoms. The molecule has 0 aromatic heterocycles. The van der Waals surface area contributed by atoms with Crippen molar-refractivity contribution in [1.29, 1.82) is 0 Å². The molecular weight excluding hydrogens is 386 g/mol. The molecule has 4 nitrogen and oxygen atoms in total. The lowest BCUT2D eigenvalue weighted by molar-refractivity contribution is 0.0589. The number of benzene rings is 2. The zero-order valence-corrected chi connectivity index (χ0v) is 17.6. The Morgan fingerprint density at radius 2 is 1.43 bits per heavy atom. The summed E-state index contributed by atoms with van der Waals surface area (Å²) in [6, 6.07) is 11.6. The largest absolute Gasteiger partial charge is 0.351 e. The van der Waals surface area contributed by atoms with Gasteiger partial charge in [-0.3, -0.25) is 9.59 Å². The van der Waals surface area contributed by atoms with Crippen molar-refractivity contribution in [3.63, 3.8) is 0 Å².